The number of alkyl halides is 1. The van der Waals surface area contributed by atoms with Gasteiger partial charge in [-0.3, -0.25) is 9.52 Å². The SMILES string of the molecule is CS(=O)(=O)Nc1ccc(C(=O)CBr)c(Cl)c1. The van der Waals surface area contributed by atoms with E-state index < -0.39 is 10.0 Å². The van der Waals surface area contributed by atoms with Gasteiger partial charge in [0.1, 0.15) is 0 Å². The van der Waals surface area contributed by atoms with E-state index in [1.54, 1.807) is 0 Å². The summed E-state index contributed by atoms with van der Waals surface area (Å²) in [4.78, 5) is 11.4. The highest BCUT2D eigenvalue weighted by Crippen LogP contribution is 2.22. The lowest BCUT2D eigenvalue weighted by atomic mass is 10.1. The predicted molar refractivity (Wildman–Crippen MR) is 68.0 cm³/mol. The van der Waals surface area contributed by atoms with E-state index in [1.165, 1.54) is 18.2 Å². The van der Waals surface area contributed by atoms with Crippen LogP contribution in [0.15, 0.2) is 18.2 Å². The van der Waals surface area contributed by atoms with Gasteiger partial charge in [0.15, 0.2) is 5.78 Å². The van der Waals surface area contributed by atoms with Gasteiger partial charge in [-0.25, -0.2) is 8.42 Å². The van der Waals surface area contributed by atoms with Crippen LogP contribution in [0.25, 0.3) is 0 Å². The van der Waals surface area contributed by atoms with Crippen molar-refractivity contribution in [1.29, 1.82) is 0 Å². The molecule has 0 heterocycles. The molecule has 0 atom stereocenters. The number of ketones is 1. The molecule has 1 aromatic rings. The zero-order valence-electron chi connectivity index (χ0n) is 8.33. The first-order valence-corrected chi connectivity index (χ1v) is 7.59. The standard InChI is InChI=1S/C9H9BrClNO3S/c1-16(14,15)12-6-2-3-7(8(11)4-6)9(13)5-10/h2-4,12H,5H2,1H3. The van der Waals surface area contributed by atoms with Gasteiger partial charge in [-0.2, -0.15) is 0 Å². The van der Waals surface area contributed by atoms with Crippen LogP contribution in [0.5, 0.6) is 0 Å². The number of anilines is 1. The number of benzene rings is 1. The van der Waals surface area contributed by atoms with Crippen molar-refractivity contribution in [2.45, 2.75) is 0 Å². The van der Waals surface area contributed by atoms with Gasteiger partial charge in [0.05, 0.1) is 16.6 Å². The Kier molecular flexibility index (Phi) is 4.35. The Labute approximate surface area is 107 Å². The molecule has 7 heteroatoms. The van der Waals surface area contributed by atoms with Crippen molar-refractivity contribution in [3.8, 4) is 0 Å². The molecule has 0 aliphatic heterocycles. The van der Waals surface area contributed by atoms with Crippen molar-refractivity contribution in [3.63, 3.8) is 0 Å². The van der Waals surface area contributed by atoms with E-state index in [1.807, 2.05) is 0 Å². The van der Waals surface area contributed by atoms with Crippen LogP contribution in [0.1, 0.15) is 10.4 Å². The van der Waals surface area contributed by atoms with Gasteiger partial charge in [0.25, 0.3) is 0 Å². The molecule has 0 bridgehead atoms. The zero-order valence-corrected chi connectivity index (χ0v) is 11.5. The fraction of sp³-hybridized carbons (Fsp3) is 0.222. The molecule has 0 amide bonds. The van der Waals surface area contributed by atoms with Gasteiger partial charge in [-0.1, -0.05) is 27.5 Å². The van der Waals surface area contributed by atoms with E-state index >= 15 is 0 Å². The molecule has 0 saturated heterocycles. The van der Waals surface area contributed by atoms with Crippen LogP contribution in [0.2, 0.25) is 5.02 Å². The third kappa shape index (κ3) is 3.77. The maximum Gasteiger partial charge on any atom is 0.229 e. The van der Waals surface area contributed by atoms with Crippen molar-refractivity contribution < 1.29 is 13.2 Å². The number of hydrogen-bond acceptors (Lipinski definition) is 3. The molecule has 1 aromatic carbocycles. The van der Waals surface area contributed by atoms with Gasteiger partial charge >= 0.3 is 0 Å². The molecule has 1 N–H and O–H groups in total. The summed E-state index contributed by atoms with van der Waals surface area (Å²) >= 11 is 8.89. The highest BCUT2D eigenvalue weighted by molar-refractivity contribution is 9.09. The Morgan fingerprint density at radius 3 is 2.56 bits per heavy atom. The van der Waals surface area contributed by atoms with Gasteiger partial charge in [-0.05, 0) is 18.2 Å². The van der Waals surface area contributed by atoms with Crippen LogP contribution in [0, 0.1) is 0 Å². The fourth-order valence-corrected chi connectivity index (χ4v) is 2.23. The fourth-order valence-electron chi connectivity index (χ4n) is 1.09. The topological polar surface area (TPSA) is 63.2 Å². The zero-order chi connectivity index (χ0) is 12.3. The normalized spacial score (nSPS) is 11.2. The Bertz CT molecular complexity index is 515. The van der Waals surface area contributed by atoms with E-state index in [0.29, 0.717) is 11.3 Å². The minimum absolute atomic E-state index is 0.157. The average Bonchev–Trinajstić information content (AvgIpc) is 2.14. The van der Waals surface area contributed by atoms with Gasteiger partial charge in [-0.15, -0.1) is 0 Å². The first-order chi connectivity index (χ1) is 7.33. The van der Waals surface area contributed by atoms with E-state index in [2.05, 4.69) is 20.7 Å². The van der Waals surface area contributed by atoms with Crippen molar-refractivity contribution in [2.24, 2.45) is 0 Å². The van der Waals surface area contributed by atoms with Gasteiger partial charge < -0.3 is 0 Å². The lowest BCUT2D eigenvalue weighted by Gasteiger charge is -2.06. The van der Waals surface area contributed by atoms with Crippen LogP contribution in [0.4, 0.5) is 5.69 Å². The largest absolute Gasteiger partial charge is 0.293 e. The van der Waals surface area contributed by atoms with Gasteiger partial charge in [0, 0.05) is 11.3 Å². The molecule has 4 nitrogen and oxygen atoms in total. The summed E-state index contributed by atoms with van der Waals surface area (Å²) in [6.07, 6.45) is 1.04. The van der Waals surface area contributed by atoms with Gasteiger partial charge in [0.2, 0.25) is 10.0 Å². The number of Topliss-reactive ketones (excluding diaryl/α,β-unsaturated/α-hetero) is 1. The Morgan fingerprint density at radius 1 is 1.50 bits per heavy atom. The van der Waals surface area contributed by atoms with Crippen LogP contribution >= 0.6 is 27.5 Å². The number of nitrogens with one attached hydrogen (secondary N) is 1. The summed E-state index contributed by atoms with van der Waals surface area (Å²) in [5, 5.41) is 0.393. The molecule has 0 saturated carbocycles. The lowest BCUT2D eigenvalue weighted by Crippen LogP contribution is -2.10. The highest BCUT2D eigenvalue weighted by Gasteiger charge is 2.10. The second kappa shape index (κ2) is 5.16. The quantitative estimate of drug-likeness (QED) is 0.682. The smallest absolute Gasteiger partial charge is 0.229 e. The summed E-state index contributed by atoms with van der Waals surface area (Å²) < 4.78 is 24.2. The molecule has 0 spiro atoms. The molecule has 1 rings (SSSR count). The predicted octanol–water partition coefficient (Wildman–Crippen LogP) is 2.29. The molecular weight excluding hydrogens is 318 g/mol. The minimum Gasteiger partial charge on any atom is -0.293 e. The third-order valence-electron chi connectivity index (χ3n) is 1.69. The second-order valence-electron chi connectivity index (χ2n) is 3.13. The Balaban J connectivity index is 3.05. The van der Waals surface area contributed by atoms with E-state index in [0.717, 1.165) is 6.26 Å². The summed E-state index contributed by atoms with van der Waals surface area (Å²) in [5.74, 6) is -0.157. The maximum atomic E-state index is 11.4. The highest BCUT2D eigenvalue weighted by atomic mass is 79.9. The molecular formula is C9H9BrClNO3S. The van der Waals surface area contributed by atoms with Crippen molar-refractivity contribution in [3.05, 3.63) is 28.8 Å². The molecule has 0 aliphatic rings. The molecule has 16 heavy (non-hydrogen) atoms. The summed E-state index contributed by atoms with van der Waals surface area (Å²) in [7, 11) is -3.34. The summed E-state index contributed by atoms with van der Waals surface area (Å²) in [6, 6.07) is 4.38. The second-order valence-corrected chi connectivity index (χ2v) is 5.84. The maximum absolute atomic E-state index is 11.4. The molecule has 0 aromatic heterocycles. The molecule has 0 fully saturated rings. The first kappa shape index (κ1) is 13.5. The minimum atomic E-state index is -3.34. The Morgan fingerprint density at radius 2 is 2.12 bits per heavy atom. The number of hydrogen-bond donors (Lipinski definition) is 1. The number of rotatable bonds is 4. The summed E-state index contributed by atoms with van der Waals surface area (Å²) in [5.41, 5.74) is 0.691. The van der Waals surface area contributed by atoms with Crippen LogP contribution in [0.3, 0.4) is 0 Å². The molecule has 88 valence electrons. The van der Waals surface area contributed by atoms with Crippen LogP contribution < -0.4 is 4.72 Å². The van der Waals surface area contributed by atoms with Crippen molar-refractivity contribution >= 4 is 49.0 Å². The van der Waals surface area contributed by atoms with E-state index in [-0.39, 0.29) is 16.1 Å². The monoisotopic (exact) mass is 325 g/mol. The average molecular weight is 327 g/mol. The van der Waals surface area contributed by atoms with Crippen LogP contribution in [-0.4, -0.2) is 25.8 Å². The van der Waals surface area contributed by atoms with Crippen molar-refractivity contribution in [2.75, 3.05) is 16.3 Å². The number of sulfonamides is 1. The lowest BCUT2D eigenvalue weighted by molar-refractivity contribution is 0.102. The van der Waals surface area contributed by atoms with E-state index in [4.69, 9.17) is 11.6 Å². The number of halogens is 2. The first-order valence-electron chi connectivity index (χ1n) is 4.20. The molecule has 0 aliphatic carbocycles. The van der Waals surface area contributed by atoms with E-state index in [9.17, 15) is 13.2 Å². The number of carbonyl (C=O) groups excluding carboxylic acids is 1. The molecule has 0 radical (unpaired) electrons. The Hall–Kier alpha value is -0.590. The third-order valence-corrected chi connectivity index (χ3v) is 3.12. The number of carbonyl (C=O) groups is 1. The molecule has 0 unspecified atom stereocenters. The summed E-state index contributed by atoms with van der Waals surface area (Å²) in [6.45, 7) is 0. The van der Waals surface area contributed by atoms with Crippen LogP contribution in [-0.2, 0) is 10.0 Å². The van der Waals surface area contributed by atoms with Crippen molar-refractivity contribution in [1.82, 2.24) is 0 Å².